The maximum absolute atomic E-state index is 12.5. The predicted molar refractivity (Wildman–Crippen MR) is 164 cm³/mol. The highest BCUT2D eigenvalue weighted by Gasteiger charge is 2.09. The Morgan fingerprint density at radius 3 is 1.91 bits per heavy atom. The SMILES string of the molecule is COc1ccc(CCN(C)CCOc2ccc(NC(=O)c3ccc(NS(C)(=O)=O)cc3)cc2)cc1OC.O.O=C(O)C(=O)O. The number of methoxy groups -OCH3 is 2. The summed E-state index contributed by atoms with van der Waals surface area (Å²) < 4.78 is 41.5. The number of hydrogen-bond donors (Lipinski definition) is 4. The van der Waals surface area contributed by atoms with Gasteiger partial charge in [-0.2, -0.15) is 0 Å². The lowest BCUT2D eigenvalue weighted by Gasteiger charge is -2.17. The molecule has 0 saturated heterocycles. The quantitative estimate of drug-likeness (QED) is 0.200. The number of rotatable bonds is 13. The molecular weight excluding hydrogens is 598 g/mol. The summed E-state index contributed by atoms with van der Waals surface area (Å²) in [5, 5.41) is 17.6. The van der Waals surface area contributed by atoms with Crippen molar-refractivity contribution in [2.45, 2.75) is 6.42 Å². The van der Waals surface area contributed by atoms with Gasteiger partial charge in [-0.3, -0.25) is 9.52 Å². The van der Waals surface area contributed by atoms with Gasteiger partial charge in [-0.1, -0.05) is 6.07 Å². The van der Waals surface area contributed by atoms with Crippen LogP contribution in [0.1, 0.15) is 15.9 Å². The number of amides is 1. The Bertz CT molecular complexity index is 1470. The first-order chi connectivity index (χ1) is 20.3. The highest BCUT2D eigenvalue weighted by molar-refractivity contribution is 7.92. The number of likely N-dealkylation sites (N-methyl/N-ethyl adjacent to an activating group) is 1. The summed E-state index contributed by atoms with van der Waals surface area (Å²) in [5.41, 5.74) is 2.61. The third-order valence-corrected chi connectivity index (χ3v) is 6.32. The highest BCUT2D eigenvalue weighted by atomic mass is 32.2. The fraction of sp³-hybridized carbons (Fsp3) is 0.276. The zero-order valence-corrected chi connectivity index (χ0v) is 25.5. The molecule has 240 valence electrons. The van der Waals surface area contributed by atoms with Crippen LogP contribution < -0.4 is 24.2 Å². The van der Waals surface area contributed by atoms with Crippen LogP contribution in [-0.4, -0.2) is 94.1 Å². The van der Waals surface area contributed by atoms with Crippen molar-refractivity contribution in [2.24, 2.45) is 0 Å². The zero-order chi connectivity index (χ0) is 32.0. The van der Waals surface area contributed by atoms with Crippen LogP contribution >= 0.6 is 0 Å². The number of carboxylic acids is 2. The van der Waals surface area contributed by atoms with Crippen molar-refractivity contribution in [3.63, 3.8) is 0 Å². The number of nitrogens with zero attached hydrogens (tertiary/aromatic N) is 1. The van der Waals surface area contributed by atoms with Gasteiger partial charge in [0.2, 0.25) is 10.0 Å². The van der Waals surface area contributed by atoms with Crippen LogP contribution in [0, 0.1) is 0 Å². The lowest BCUT2D eigenvalue weighted by Crippen LogP contribution is -2.26. The number of sulfonamides is 1. The molecule has 44 heavy (non-hydrogen) atoms. The van der Waals surface area contributed by atoms with Gasteiger partial charge in [0.1, 0.15) is 12.4 Å². The largest absolute Gasteiger partial charge is 0.493 e. The average Bonchev–Trinajstić information content (AvgIpc) is 2.96. The molecule has 6 N–H and O–H groups in total. The minimum Gasteiger partial charge on any atom is -0.493 e. The molecule has 0 heterocycles. The van der Waals surface area contributed by atoms with Crippen LogP contribution in [-0.2, 0) is 26.0 Å². The lowest BCUT2D eigenvalue weighted by atomic mass is 10.1. The van der Waals surface area contributed by atoms with Crippen LogP contribution in [0.15, 0.2) is 66.7 Å². The second-order valence-corrected chi connectivity index (χ2v) is 10.9. The number of carboxylic acid groups (broad SMARTS) is 2. The van der Waals surface area contributed by atoms with Crippen LogP contribution in [0.2, 0.25) is 0 Å². The summed E-state index contributed by atoms with van der Waals surface area (Å²) in [6.07, 6.45) is 1.95. The van der Waals surface area contributed by atoms with E-state index in [0.717, 1.165) is 37.3 Å². The van der Waals surface area contributed by atoms with E-state index in [1.54, 1.807) is 50.6 Å². The van der Waals surface area contributed by atoms with Crippen LogP contribution in [0.3, 0.4) is 0 Å². The summed E-state index contributed by atoms with van der Waals surface area (Å²) in [6, 6.07) is 19.3. The van der Waals surface area contributed by atoms with E-state index < -0.39 is 22.0 Å². The molecule has 3 aromatic rings. The first-order valence-corrected chi connectivity index (χ1v) is 14.7. The Labute approximate surface area is 255 Å². The van der Waals surface area contributed by atoms with E-state index in [9.17, 15) is 13.2 Å². The van der Waals surface area contributed by atoms with Crippen molar-refractivity contribution >= 4 is 39.2 Å². The first kappa shape index (κ1) is 37.2. The average molecular weight is 636 g/mol. The molecule has 0 bridgehead atoms. The summed E-state index contributed by atoms with van der Waals surface area (Å²) in [5.74, 6) is -1.79. The zero-order valence-electron chi connectivity index (χ0n) is 24.7. The van der Waals surface area contributed by atoms with E-state index in [0.29, 0.717) is 29.3 Å². The molecule has 0 aliphatic heterocycles. The minimum absolute atomic E-state index is 0. The molecule has 3 rings (SSSR count). The molecule has 0 aromatic heterocycles. The normalized spacial score (nSPS) is 10.4. The first-order valence-electron chi connectivity index (χ1n) is 12.8. The van der Waals surface area contributed by atoms with E-state index in [4.69, 9.17) is 34.0 Å². The number of aliphatic carboxylic acids is 2. The summed E-state index contributed by atoms with van der Waals surface area (Å²) in [6.45, 7) is 2.16. The molecule has 0 aliphatic rings. The number of benzene rings is 3. The molecular formula is C29H37N3O11S. The van der Waals surface area contributed by atoms with Crippen molar-refractivity contribution in [3.8, 4) is 17.2 Å². The van der Waals surface area contributed by atoms with Gasteiger partial charge < -0.3 is 40.1 Å². The second kappa shape index (κ2) is 17.9. The Morgan fingerprint density at radius 1 is 0.818 bits per heavy atom. The maximum atomic E-state index is 12.5. The predicted octanol–water partition coefficient (Wildman–Crippen LogP) is 2.21. The van der Waals surface area contributed by atoms with E-state index in [1.165, 1.54) is 17.7 Å². The number of carbonyl (C=O) groups is 3. The third kappa shape index (κ3) is 13.4. The van der Waals surface area contributed by atoms with Crippen LogP contribution in [0.4, 0.5) is 11.4 Å². The standard InChI is InChI=1S/C27H33N3O6S.C2H2O4.H2O/c1-30(16-15-20-5-14-25(34-2)26(19-20)35-3)17-18-36-24-12-10-22(11-13-24)28-27(31)21-6-8-23(9-7-21)29-37(4,32)33;3-1(4)2(5)6;/h5-14,19,29H,15-18H2,1-4H3,(H,28,31);(H,3,4)(H,5,6);1H2. The van der Waals surface area contributed by atoms with E-state index in [2.05, 4.69) is 14.9 Å². The van der Waals surface area contributed by atoms with Gasteiger partial charge in [-0.15, -0.1) is 0 Å². The van der Waals surface area contributed by atoms with Gasteiger partial charge in [0.15, 0.2) is 11.5 Å². The Kier molecular flexibility index (Phi) is 15.2. The molecule has 3 aromatic carbocycles. The van der Waals surface area contributed by atoms with E-state index in [-0.39, 0.29) is 11.4 Å². The van der Waals surface area contributed by atoms with Crippen molar-refractivity contribution in [1.29, 1.82) is 0 Å². The molecule has 0 atom stereocenters. The third-order valence-electron chi connectivity index (χ3n) is 5.72. The van der Waals surface area contributed by atoms with Crippen molar-refractivity contribution in [3.05, 3.63) is 77.9 Å². The van der Waals surface area contributed by atoms with Gasteiger partial charge in [0, 0.05) is 30.0 Å². The number of hydrogen-bond acceptors (Lipinski definition) is 9. The molecule has 0 unspecified atom stereocenters. The number of ether oxygens (including phenoxy) is 3. The molecule has 0 radical (unpaired) electrons. The van der Waals surface area contributed by atoms with Crippen LogP contribution in [0.25, 0.3) is 0 Å². The van der Waals surface area contributed by atoms with Gasteiger partial charge >= 0.3 is 11.9 Å². The number of carbonyl (C=O) groups excluding carboxylic acids is 1. The Hall–Kier alpha value is -4.86. The second-order valence-electron chi connectivity index (χ2n) is 9.13. The molecule has 0 spiro atoms. The van der Waals surface area contributed by atoms with Gasteiger partial charge in [0.25, 0.3) is 5.91 Å². The molecule has 0 fully saturated rings. The lowest BCUT2D eigenvalue weighted by molar-refractivity contribution is -0.159. The highest BCUT2D eigenvalue weighted by Crippen LogP contribution is 2.27. The maximum Gasteiger partial charge on any atom is 0.414 e. The van der Waals surface area contributed by atoms with Gasteiger partial charge in [-0.05, 0) is 79.7 Å². The Balaban J connectivity index is 0.00000125. The van der Waals surface area contributed by atoms with Gasteiger partial charge in [-0.25, -0.2) is 18.0 Å². The molecule has 0 saturated carbocycles. The molecule has 0 aliphatic carbocycles. The number of nitrogens with one attached hydrogen (secondary N) is 2. The molecule has 15 heteroatoms. The topological polar surface area (TPSA) is 212 Å². The summed E-state index contributed by atoms with van der Waals surface area (Å²) in [7, 11) is 1.94. The fourth-order valence-corrected chi connectivity index (χ4v) is 4.09. The molecule has 1 amide bonds. The van der Waals surface area contributed by atoms with Crippen molar-refractivity contribution in [1.82, 2.24) is 4.90 Å². The van der Waals surface area contributed by atoms with Gasteiger partial charge in [0.05, 0.1) is 20.5 Å². The van der Waals surface area contributed by atoms with Crippen LogP contribution in [0.5, 0.6) is 17.2 Å². The summed E-state index contributed by atoms with van der Waals surface area (Å²) in [4.78, 5) is 32.9. The Morgan fingerprint density at radius 2 is 1.39 bits per heavy atom. The monoisotopic (exact) mass is 635 g/mol. The van der Waals surface area contributed by atoms with Crippen molar-refractivity contribution < 1.29 is 52.7 Å². The van der Waals surface area contributed by atoms with E-state index >= 15 is 0 Å². The fourth-order valence-electron chi connectivity index (χ4n) is 3.53. The van der Waals surface area contributed by atoms with Crippen molar-refractivity contribution in [2.75, 3.05) is 57.3 Å². The van der Waals surface area contributed by atoms with E-state index in [1.807, 2.05) is 25.2 Å². The summed E-state index contributed by atoms with van der Waals surface area (Å²) >= 11 is 0. The smallest absolute Gasteiger partial charge is 0.414 e. The minimum atomic E-state index is -3.37. The molecule has 14 nitrogen and oxygen atoms in total. The number of anilines is 2.